The third-order valence-corrected chi connectivity index (χ3v) is 2.87. The van der Waals surface area contributed by atoms with E-state index in [-0.39, 0.29) is 16.7 Å². The summed E-state index contributed by atoms with van der Waals surface area (Å²) in [6, 6.07) is 4.21. The van der Waals surface area contributed by atoms with E-state index < -0.39 is 5.82 Å². The molecule has 0 aliphatic rings. The van der Waals surface area contributed by atoms with Gasteiger partial charge in [0.1, 0.15) is 5.82 Å². The van der Waals surface area contributed by atoms with Gasteiger partial charge < -0.3 is 0 Å². The zero-order chi connectivity index (χ0) is 11.4. The zero-order valence-electron chi connectivity index (χ0n) is 8.89. The number of rotatable bonds is 4. The van der Waals surface area contributed by atoms with E-state index in [2.05, 4.69) is 0 Å². The summed E-state index contributed by atoms with van der Waals surface area (Å²) in [4.78, 5) is 11.9. The van der Waals surface area contributed by atoms with Gasteiger partial charge in [0.05, 0.1) is 5.02 Å². The Morgan fingerprint density at radius 3 is 2.47 bits per heavy atom. The van der Waals surface area contributed by atoms with E-state index in [0.29, 0.717) is 5.56 Å². The van der Waals surface area contributed by atoms with E-state index in [1.54, 1.807) is 6.07 Å². The van der Waals surface area contributed by atoms with Crippen LogP contribution >= 0.6 is 11.6 Å². The minimum Gasteiger partial charge on any atom is -0.294 e. The highest BCUT2D eigenvalue weighted by molar-refractivity contribution is 6.30. The van der Waals surface area contributed by atoms with Crippen LogP contribution in [0.5, 0.6) is 0 Å². The molecule has 3 heteroatoms. The average Bonchev–Trinajstić information content (AvgIpc) is 2.23. The van der Waals surface area contributed by atoms with E-state index >= 15 is 0 Å². The lowest BCUT2D eigenvalue weighted by Gasteiger charge is -2.10. The molecule has 1 aromatic carbocycles. The Kier molecular flexibility index (Phi) is 4.28. The first-order valence-electron chi connectivity index (χ1n) is 5.09. The van der Waals surface area contributed by atoms with Crippen molar-refractivity contribution in [1.82, 2.24) is 0 Å². The molecule has 1 rings (SSSR count). The van der Waals surface area contributed by atoms with Crippen molar-refractivity contribution in [1.29, 1.82) is 0 Å². The Morgan fingerprint density at radius 1 is 1.40 bits per heavy atom. The van der Waals surface area contributed by atoms with Gasteiger partial charge in [-0.25, -0.2) is 4.39 Å². The summed E-state index contributed by atoms with van der Waals surface area (Å²) in [5.41, 5.74) is 0.408. The number of hydrogen-bond donors (Lipinski definition) is 0. The van der Waals surface area contributed by atoms with Gasteiger partial charge in [0.2, 0.25) is 0 Å². The van der Waals surface area contributed by atoms with Gasteiger partial charge in [0.15, 0.2) is 5.78 Å². The Hall–Kier alpha value is -0.890. The van der Waals surface area contributed by atoms with E-state index in [9.17, 15) is 9.18 Å². The fourth-order valence-electron chi connectivity index (χ4n) is 1.54. The van der Waals surface area contributed by atoms with Crippen molar-refractivity contribution in [3.63, 3.8) is 0 Å². The van der Waals surface area contributed by atoms with Crippen LogP contribution < -0.4 is 0 Å². The van der Waals surface area contributed by atoms with Gasteiger partial charge in [-0.15, -0.1) is 0 Å². The summed E-state index contributed by atoms with van der Waals surface area (Å²) in [7, 11) is 0. The highest BCUT2D eigenvalue weighted by atomic mass is 35.5. The maximum absolute atomic E-state index is 13.1. The van der Waals surface area contributed by atoms with Crippen molar-refractivity contribution in [2.24, 2.45) is 5.92 Å². The molecule has 1 aromatic rings. The quantitative estimate of drug-likeness (QED) is 0.710. The number of benzene rings is 1. The summed E-state index contributed by atoms with van der Waals surface area (Å²) < 4.78 is 13.1. The van der Waals surface area contributed by atoms with Crippen molar-refractivity contribution < 1.29 is 9.18 Å². The Bertz CT molecular complexity index is 359. The average molecular weight is 229 g/mol. The third kappa shape index (κ3) is 2.78. The fraction of sp³-hybridized carbons (Fsp3) is 0.417. The normalized spacial score (nSPS) is 10.7. The minimum absolute atomic E-state index is 0.00410. The van der Waals surface area contributed by atoms with Crippen molar-refractivity contribution in [3.05, 3.63) is 34.6 Å². The molecule has 82 valence electrons. The van der Waals surface area contributed by atoms with E-state index in [1.807, 2.05) is 13.8 Å². The van der Waals surface area contributed by atoms with Crippen LogP contribution in [-0.2, 0) is 0 Å². The molecule has 0 aromatic heterocycles. The van der Waals surface area contributed by atoms with Crippen LogP contribution in [0.1, 0.15) is 37.0 Å². The van der Waals surface area contributed by atoms with Gasteiger partial charge in [-0.3, -0.25) is 4.79 Å². The zero-order valence-corrected chi connectivity index (χ0v) is 9.64. The van der Waals surface area contributed by atoms with Crippen LogP contribution in [0, 0.1) is 11.7 Å². The Balaban J connectivity index is 2.96. The van der Waals surface area contributed by atoms with Crippen LogP contribution in [0.2, 0.25) is 5.02 Å². The highest BCUT2D eigenvalue weighted by Gasteiger charge is 2.17. The molecule has 0 bridgehead atoms. The minimum atomic E-state index is -0.534. The predicted molar refractivity (Wildman–Crippen MR) is 59.8 cm³/mol. The number of ketones is 1. The summed E-state index contributed by atoms with van der Waals surface area (Å²) >= 11 is 5.55. The first-order chi connectivity index (χ1) is 7.10. The second-order valence-electron chi connectivity index (χ2n) is 3.51. The second kappa shape index (κ2) is 5.26. The monoisotopic (exact) mass is 228 g/mol. The van der Waals surface area contributed by atoms with Crippen molar-refractivity contribution in [2.75, 3.05) is 0 Å². The first-order valence-corrected chi connectivity index (χ1v) is 5.47. The largest absolute Gasteiger partial charge is 0.294 e. The summed E-state index contributed by atoms with van der Waals surface area (Å²) in [6.07, 6.45) is 1.55. The number of hydrogen-bond acceptors (Lipinski definition) is 1. The van der Waals surface area contributed by atoms with E-state index in [0.717, 1.165) is 12.8 Å². The first kappa shape index (κ1) is 12.2. The lowest BCUT2D eigenvalue weighted by Crippen LogP contribution is -2.13. The van der Waals surface area contributed by atoms with Crippen molar-refractivity contribution in [3.8, 4) is 0 Å². The lowest BCUT2D eigenvalue weighted by atomic mass is 9.93. The Labute approximate surface area is 94.3 Å². The second-order valence-corrected chi connectivity index (χ2v) is 3.91. The molecule has 0 amide bonds. The van der Waals surface area contributed by atoms with Crippen LogP contribution in [0.4, 0.5) is 4.39 Å². The number of carbonyl (C=O) groups is 1. The molecule has 0 heterocycles. The number of halogens is 2. The molecule has 0 saturated carbocycles. The molecular weight excluding hydrogens is 215 g/mol. The van der Waals surface area contributed by atoms with Gasteiger partial charge >= 0.3 is 0 Å². The third-order valence-electron chi connectivity index (χ3n) is 2.56. The van der Waals surface area contributed by atoms with Crippen LogP contribution in [0.25, 0.3) is 0 Å². The molecule has 0 atom stereocenters. The Morgan fingerprint density at radius 2 is 2.00 bits per heavy atom. The predicted octanol–water partition coefficient (Wildman–Crippen LogP) is 4.10. The van der Waals surface area contributed by atoms with Crippen LogP contribution in [-0.4, -0.2) is 5.78 Å². The van der Waals surface area contributed by atoms with E-state index in [4.69, 9.17) is 11.6 Å². The highest BCUT2D eigenvalue weighted by Crippen LogP contribution is 2.20. The molecule has 0 aliphatic carbocycles. The number of carbonyl (C=O) groups excluding carboxylic acids is 1. The molecule has 0 N–H and O–H groups in total. The standard InChI is InChI=1S/C12H14ClFO/c1-3-8(4-2)12(15)9-5-6-10(13)11(14)7-9/h5-8H,3-4H2,1-2H3. The lowest BCUT2D eigenvalue weighted by molar-refractivity contribution is 0.0913. The summed E-state index contributed by atoms with van der Waals surface area (Å²) in [5.74, 6) is -0.561. The molecule has 0 radical (unpaired) electrons. The maximum atomic E-state index is 13.1. The van der Waals surface area contributed by atoms with Gasteiger partial charge in [0.25, 0.3) is 0 Å². The van der Waals surface area contributed by atoms with Crippen LogP contribution in [0.15, 0.2) is 18.2 Å². The van der Waals surface area contributed by atoms with Crippen molar-refractivity contribution in [2.45, 2.75) is 26.7 Å². The molecule has 1 nitrogen and oxygen atoms in total. The fourth-order valence-corrected chi connectivity index (χ4v) is 1.66. The molecule has 15 heavy (non-hydrogen) atoms. The molecular formula is C12H14ClFO. The smallest absolute Gasteiger partial charge is 0.166 e. The van der Waals surface area contributed by atoms with Crippen molar-refractivity contribution >= 4 is 17.4 Å². The topological polar surface area (TPSA) is 17.1 Å². The van der Waals surface area contributed by atoms with E-state index in [1.165, 1.54) is 12.1 Å². The number of Topliss-reactive ketones (excluding diaryl/α,β-unsaturated/α-hetero) is 1. The summed E-state index contributed by atoms with van der Waals surface area (Å²) in [5, 5.41) is 0.0519. The molecule has 0 aliphatic heterocycles. The maximum Gasteiger partial charge on any atom is 0.166 e. The molecule has 0 saturated heterocycles. The van der Waals surface area contributed by atoms with Gasteiger partial charge in [-0.2, -0.15) is 0 Å². The van der Waals surface area contributed by atoms with Crippen LogP contribution in [0.3, 0.4) is 0 Å². The molecule has 0 unspecified atom stereocenters. The molecule has 0 spiro atoms. The van der Waals surface area contributed by atoms with Gasteiger partial charge in [-0.05, 0) is 31.0 Å². The molecule has 0 fully saturated rings. The summed E-state index contributed by atoms with van der Waals surface area (Å²) in [6.45, 7) is 3.91. The SMILES string of the molecule is CCC(CC)C(=O)c1ccc(Cl)c(F)c1. The van der Waals surface area contributed by atoms with Gasteiger partial charge in [-0.1, -0.05) is 25.4 Å². The van der Waals surface area contributed by atoms with Gasteiger partial charge in [0, 0.05) is 11.5 Å².